The van der Waals surface area contributed by atoms with Crippen molar-refractivity contribution < 1.29 is 24.2 Å². The molecule has 0 bridgehead atoms. The van der Waals surface area contributed by atoms with Gasteiger partial charge in [-0.15, -0.1) is 0 Å². The molecule has 0 aliphatic carbocycles. The normalized spacial score (nSPS) is 12.8. The molecule has 0 heterocycles. The van der Waals surface area contributed by atoms with Crippen molar-refractivity contribution in [2.75, 3.05) is 6.54 Å². The number of benzene rings is 2. The van der Waals surface area contributed by atoms with Crippen LogP contribution in [0.4, 0.5) is 4.79 Å². The lowest BCUT2D eigenvalue weighted by Gasteiger charge is -2.21. The number of hydrogen-bond acceptors (Lipinski definition) is 4. The number of nitrogens with one attached hydrogen (secondary N) is 1. The van der Waals surface area contributed by atoms with E-state index in [0.717, 1.165) is 11.1 Å². The van der Waals surface area contributed by atoms with Crippen LogP contribution in [0.2, 0.25) is 0 Å². The van der Waals surface area contributed by atoms with Crippen LogP contribution in [-0.2, 0) is 27.5 Å². The van der Waals surface area contributed by atoms with E-state index in [2.05, 4.69) is 5.32 Å². The number of carboxylic acid groups (broad SMARTS) is 1. The molecule has 0 fully saturated rings. The molecule has 2 N–H and O–H groups in total. The molecule has 2 aromatic carbocycles. The third-order valence-corrected chi connectivity index (χ3v) is 3.81. The van der Waals surface area contributed by atoms with Crippen molar-refractivity contribution in [1.29, 1.82) is 0 Å². The highest BCUT2D eigenvalue weighted by Crippen LogP contribution is 2.11. The molecule has 2 atom stereocenters. The molecule has 0 spiro atoms. The van der Waals surface area contributed by atoms with Gasteiger partial charge >= 0.3 is 12.1 Å². The third kappa shape index (κ3) is 6.57. The number of amides is 1. The molecule has 0 radical (unpaired) electrons. The average Bonchev–Trinajstić information content (AvgIpc) is 2.66. The summed E-state index contributed by atoms with van der Waals surface area (Å²) in [4.78, 5) is 23.2. The molecule has 0 saturated heterocycles. The van der Waals surface area contributed by atoms with E-state index in [0.29, 0.717) is 0 Å². The first kappa shape index (κ1) is 19.5. The van der Waals surface area contributed by atoms with Gasteiger partial charge in [0.25, 0.3) is 0 Å². The van der Waals surface area contributed by atoms with Crippen LogP contribution in [0.3, 0.4) is 0 Å². The third-order valence-electron chi connectivity index (χ3n) is 3.81. The van der Waals surface area contributed by atoms with E-state index in [1.54, 1.807) is 6.92 Å². The minimum absolute atomic E-state index is 0.138. The van der Waals surface area contributed by atoms with Crippen molar-refractivity contribution in [2.24, 2.45) is 5.92 Å². The highest BCUT2D eigenvalue weighted by Gasteiger charge is 2.26. The summed E-state index contributed by atoms with van der Waals surface area (Å²) in [6, 6.07) is 18.6. The molecule has 1 amide bonds. The van der Waals surface area contributed by atoms with Gasteiger partial charge in [-0.1, -0.05) is 67.6 Å². The van der Waals surface area contributed by atoms with Crippen LogP contribution in [0.15, 0.2) is 60.7 Å². The topological polar surface area (TPSA) is 84.9 Å². The van der Waals surface area contributed by atoms with E-state index >= 15 is 0 Å². The molecular weight excluding hydrogens is 334 g/mol. The Morgan fingerprint density at radius 3 is 2.04 bits per heavy atom. The number of carboxylic acids is 1. The number of hydrogen-bond donors (Lipinski definition) is 2. The van der Waals surface area contributed by atoms with Crippen molar-refractivity contribution >= 4 is 12.1 Å². The Bertz CT molecular complexity index is 690. The maximum absolute atomic E-state index is 11.8. The summed E-state index contributed by atoms with van der Waals surface area (Å²) in [5.41, 5.74) is 1.77. The first-order chi connectivity index (χ1) is 12.6. The lowest BCUT2D eigenvalue weighted by Crippen LogP contribution is -2.39. The predicted octanol–water partition coefficient (Wildman–Crippen LogP) is 3.22. The van der Waals surface area contributed by atoms with Crippen molar-refractivity contribution in [1.82, 2.24) is 5.32 Å². The smallest absolute Gasteiger partial charge is 0.407 e. The monoisotopic (exact) mass is 357 g/mol. The van der Waals surface area contributed by atoms with E-state index in [9.17, 15) is 14.7 Å². The van der Waals surface area contributed by atoms with Crippen LogP contribution >= 0.6 is 0 Å². The molecule has 0 saturated carbocycles. The maximum Gasteiger partial charge on any atom is 0.407 e. The summed E-state index contributed by atoms with van der Waals surface area (Å²) in [6.07, 6.45) is -1.61. The molecule has 0 unspecified atom stereocenters. The highest BCUT2D eigenvalue weighted by molar-refractivity contribution is 5.73. The second-order valence-corrected chi connectivity index (χ2v) is 5.98. The van der Waals surface area contributed by atoms with Crippen LogP contribution in [0.25, 0.3) is 0 Å². The van der Waals surface area contributed by atoms with E-state index in [4.69, 9.17) is 9.47 Å². The molecule has 2 aromatic rings. The minimum Gasteiger partial charge on any atom is -0.479 e. The lowest BCUT2D eigenvalue weighted by atomic mass is 10.1. The van der Waals surface area contributed by atoms with Crippen molar-refractivity contribution in [3.63, 3.8) is 0 Å². The minimum atomic E-state index is -1.06. The van der Waals surface area contributed by atoms with E-state index in [1.807, 2.05) is 60.7 Å². The maximum atomic E-state index is 11.8. The van der Waals surface area contributed by atoms with Crippen molar-refractivity contribution in [3.05, 3.63) is 71.8 Å². The van der Waals surface area contributed by atoms with Gasteiger partial charge in [0.05, 0.1) is 6.61 Å². The van der Waals surface area contributed by atoms with Gasteiger partial charge < -0.3 is 19.9 Å². The molecule has 26 heavy (non-hydrogen) atoms. The van der Waals surface area contributed by atoms with Gasteiger partial charge in [0.2, 0.25) is 0 Å². The van der Waals surface area contributed by atoms with Crippen molar-refractivity contribution in [2.45, 2.75) is 26.2 Å². The van der Waals surface area contributed by atoms with E-state index < -0.39 is 24.1 Å². The standard InChI is InChI=1S/C20H23NO5/c1-15(12-21-20(24)26-14-17-10-6-3-7-11-17)18(19(22)23)25-13-16-8-4-2-5-9-16/h2-11,15,18H,12-14H2,1H3,(H,21,24)(H,22,23)/t15-,18+/m1/s1. The lowest BCUT2D eigenvalue weighted by molar-refractivity contribution is -0.154. The van der Waals surface area contributed by atoms with Gasteiger partial charge in [0.1, 0.15) is 6.61 Å². The van der Waals surface area contributed by atoms with Crippen LogP contribution in [0.5, 0.6) is 0 Å². The fourth-order valence-corrected chi connectivity index (χ4v) is 2.36. The van der Waals surface area contributed by atoms with Crippen LogP contribution in [0.1, 0.15) is 18.1 Å². The number of ether oxygens (including phenoxy) is 2. The zero-order valence-corrected chi connectivity index (χ0v) is 14.6. The zero-order valence-electron chi connectivity index (χ0n) is 14.6. The quantitative estimate of drug-likeness (QED) is 0.720. The molecule has 0 aromatic heterocycles. The number of alkyl carbamates (subject to hydrolysis) is 1. The molecule has 2 rings (SSSR count). The number of aliphatic carboxylic acids is 1. The van der Waals surface area contributed by atoms with Crippen molar-refractivity contribution in [3.8, 4) is 0 Å². The Morgan fingerprint density at radius 2 is 1.50 bits per heavy atom. The molecule has 6 nitrogen and oxygen atoms in total. The van der Waals surface area contributed by atoms with Crippen LogP contribution in [-0.4, -0.2) is 29.8 Å². The Morgan fingerprint density at radius 1 is 0.962 bits per heavy atom. The predicted molar refractivity (Wildman–Crippen MR) is 96.4 cm³/mol. The largest absolute Gasteiger partial charge is 0.479 e. The summed E-state index contributed by atoms with van der Waals surface area (Å²) in [5.74, 6) is -1.48. The van der Waals surface area contributed by atoms with Gasteiger partial charge in [-0.05, 0) is 11.1 Å². The van der Waals surface area contributed by atoms with Gasteiger partial charge in [0.15, 0.2) is 6.10 Å². The first-order valence-electron chi connectivity index (χ1n) is 8.39. The van der Waals surface area contributed by atoms with Gasteiger partial charge in [0, 0.05) is 12.5 Å². The Kier molecular flexibility index (Phi) is 7.64. The Hall–Kier alpha value is -2.86. The second-order valence-electron chi connectivity index (χ2n) is 5.98. The molecule has 138 valence electrons. The van der Waals surface area contributed by atoms with Gasteiger partial charge in [-0.2, -0.15) is 0 Å². The highest BCUT2D eigenvalue weighted by atomic mass is 16.5. The molecular formula is C20H23NO5. The first-order valence-corrected chi connectivity index (χ1v) is 8.39. The Labute approximate surface area is 152 Å². The summed E-state index contributed by atoms with van der Waals surface area (Å²) < 4.78 is 10.6. The van der Waals surface area contributed by atoms with Gasteiger partial charge in [-0.3, -0.25) is 0 Å². The number of carbonyl (C=O) groups excluding carboxylic acids is 1. The van der Waals surface area contributed by atoms with E-state index in [1.165, 1.54) is 0 Å². The Balaban J connectivity index is 1.76. The fourth-order valence-electron chi connectivity index (χ4n) is 2.36. The molecule has 0 aliphatic rings. The number of rotatable bonds is 9. The summed E-state index contributed by atoms with van der Waals surface area (Å²) in [6.45, 7) is 2.20. The SMILES string of the molecule is C[C@H](CNC(=O)OCc1ccccc1)[C@H](OCc1ccccc1)C(=O)O. The summed E-state index contributed by atoms with van der Waals surface area (Å²) >= 11 is 0. The van der Waals surface area contributed by atoms with Crippen LogP contribution in [0, 0.1) is 5.92 Å². The summed E-state index contributed by atoms with van der Waals surface area (Å²) in [7, 11) is 0. The second kappa shape index (κ2) is 10.2. The molecule has 0 aliphatic heterocycles. The van der Waals surface area contributed by atoms with E-state index in [-0.39, 0.29) is 19.8 Å². The van der Waals surface area contributed by atoms with Gasteiger partial charge in [-0.25, -0.2) is 9.59 Å². The summed E-state index contributed by atoms with van der Waals surface area (Å²) in [5, 5.41) is 12.0. The van der Waals surface area contributed by atoms with Crippen LogP contribution < -0.4 is 5.32 Å². The number of carbonyl (C=O) groups is 2. The fraction of sp³-hybridized carbons (Fsp3) is 0.300. The zero-order chi connectivity index (χ0) is 18.8. The average molecular weight is 357 g/mol. The molecule has 6 heteroatoms.